The van der Waals surface area contributed by atoms with E-state index in [1.54, 1.807) is 18.4 Å². The molecule has 0 saturated heterocycles. The van der Waals surface area contributed by atoms with Crippen molar-refractivity contribution in [3.8, 4) is 0 Å². The van der Waals surface area contributed by atoms with E-state index in [9.17, 15) is 13.2 Å². The number of hydrogen-bond acceptors (Lipinski definition) is 6. The second-order valence-electron chi connectivity index (χ2n) is 5.61. The maximum atomic E-state index is 12.6. The molecule has 0 aliphatic carbocycles. The number of anilines is 1. The van der Waals surface area contributed by atoms with E-state index in [-0.39, 0.29) is 5.95 Å². The number of aromatic nitrogens is 3. The number of hydrogen-bond donors (Lipinski definition) is 3. The lowest BCUT2D eigenvalue weighted by molar-refractivity contribution is -0.141. The summed E-state index contributed by atoms with van der Waals surface area (Å²) in [5, 5.41) is 10.1. The van der Waals surface area contributed by atoms with E-state index in [0.717, 1.165) is 29.4 Å². The Labute approximate surface area is 159 Å². The molecule has 7 nitrogen and oxygen atoms in total. The second-order valence-corrected chi connectivity index (χ2v) is 6.90. The van der Waals surface area contributed by atoms with Crippen molar-refractivity contribution in [1.82, 2.24) is 25.6 Å². The van der Waals surface area contributed by atoms with Crippen LogP contribution in [0.2, 0.25) is 0 Å². The monoisotopic (exact) mass is 401 g/mol. The zero-order valence-corrected chi connectivity index (χ0v) is 16.1. The molecule has 148 valence electrons. The Balaban J connectivity index is 1.70. The summed E-state index contributed by atoms with van der Waals surface area (Å²) in [5.41, 5.74) is 0.0819. The first-order chi connectivity index (χ1) is 12.8. The van der Waals surface area contributed by atoms with Gasteiger partial charge < -0.3 is 16.0 Å². The fourth-order valence-corrected chi connectivity index (χ4v) is 3.04. The summed E-state index contributed by atoms with van der Waals surface area (Å²) < 4.78 is 37.8. The van der Waals surface area contributed by atoms with Crippen molar-refractivity contribution >= 4 is 23.2 Å². The molecule has 0 unspecified atom stereocenters. The summed E-state index contributed by atoms with van der Waals surface area (Å²) in [6.45, 7) is 5.49. The third-order valence-corrected chi connectivity index (χ3v) is 4.71. The highest BCUT2D eigenvalue weighted by Crippen LogP contribution is 2.27. The number of halogens is 3. The lowest BCUT2D eigenvalue weighted by Gasteiger charge is -2.12. The van der Waals surface area contributed by atoms with Crippen LogP contribution in [-0.4, -0.2) is 47.6 Å². The molecule has 0 aliphatic heterocycles. The molecule has 11 heteroatoms. The van der Waals surface area contributed by atoms with E-state index >= 15 is 0 Å². The topological polar surface area (TPSA) is 87.1 Å². The van der Waals surface area contributed by atoms with E-state index in [4.69, 9.17) is 0 Å². The lowest BCUT2D eigenvalue weighted by atomic mass is 10.4. The Kier molecular flexibility index (Phi) is 7.34. The van der Waals surface area contributed by atoms with Crippen molar-refractivity contribution in [2.45, 2.75) is 26.4 Å². The largest absolute Gasteiger partial charge is 0.433 e. The molecule has 0 aromatic carbocycles. The van der Waals surface area contributed by atoms with Crippen molar-refractivity contribution in [2.24, 2.45) is 4.99 Å². The molecule has 0 fully saturated rings. The second kappa shape index (κ2) is 9.49. The normalized spacial score (nSPS) is 12.1. The van der Waals surface area contributed by atoms with Gasteiger partial charge in [0.15, 0.2) is 5.96 Å². The number of alkyl halides is 3. The van der Waals surface area contributed by atoms with E-state index in [1.165, 1.54) is 4.88 Å². The van der Waals surface area contributed by atoms with Crippen LogP contribution in [0.25, 0.3) is 0 Å². The van der Waals surface area contributed by atoms with E-state index in [0.29, 0.717) is 25.6 Å². The highest BCUT2D eigenvalue weighted by atomic mass is 32.1. The van der Waals surface area contributed by atoms with Gasteiger partial charge in [0.1, 0.15) is 5.69 Å². The summed E-state index contributed by atoms with van der Waals surface area (Å²) in [4.78, 5) is 17.0. The molecule has 27 heavy (non-hydrogen) atoms. The molecule has 2 rings (SSSR count). The third-order valence-electron chi connectivity index (χ3n) is 3.57. The standard InChI is InChI=1S/C16H22F3N7S/c1-10-11(2)27-13(25-10)5-7-21-14(20-3)23-8-9-24-15-22-6-4-12(26-15)16(17,18)19/h4,6H,5,7-9H2,1-3H3,(H2,20,21,23)(H,22,24,26). The Bertz CT molecular complexity index is 754. The average Bonchev–Trinajstić information content (AvgIpc) is 2.94. The Morgan fingerprint density at radius 1 is 1.15 bits per heavy atom. The van der Waals surface area contributed by atoms with Gasteiger partial charge in [-0.25, -0.2) is 15.0 Å². The average molecular weight is 401 g/mol. The smallest absolute Gasteiger partial charge is 0.356 e. The molecule has 0 aliphatic rings. The van der Waals surface area contributed by atoms with Gasteiger partial charge in [-0.15, -0.1) is 11.3 Å². The van der Waals surface area contributed by atoms with Gasteiger partial charge in [0.05, 0.1) is 10.7 Å². The number of nitrogens with zero attached hydrogens (tertiary/aromatic N) is 4. The summed E-state index contributed by atoms with van der Waals surface area (Å²) >= 11 is 1.68. The van der Waals surface area contributed by atoms with Crippen molar-refractivity contribution in [3.63, 3.8) is 0 Å². The first-order valence-corrected chi connectivity index (χ1v) is 9.12. The lowest BCUT2D eigenvalue weighted by Crippen LogP contribution is -2.40. The maximum Gasteiger partial charge on any atom is 0.433 e. The van der Waals surface area contributed by atoms with Crippen LogP contribution in [0.15, 0.2) is 17.3 Å². The molecule has 0 amide bonds. The minimum absolute atomic E-state index is 0.0657. The molecule has 0 spiro atoms. The SMILES string of the molecule is CN=C(NCCNc1nccc(C(F)(F)F)n1)NCCc1nc(C)c(C)s1. The summed E-state index contributed by atoms with van der Waals surface area (Å²) in [6.07, 6.45) is -2.62. The molecule has 2 aromatic rings. The zero-order valence-electron chi connectivity index (χ0n) is 15.3. The fraction of sp³-hybridized carbons (Fsp3) is 0.500. The molecular formula is C16H22F3N7S. The van der Waals surface area contributed by atoms with E-state index < -0.39 is 11.9 Å². The minimum atomic E-state index is -4.49. The fourth-order valence-electron chi connectivity index (χ4n) is 2.11. The van der Waals surface area contributed by atoms with Crippen LogP contribution in [0.1, 0.15) is 21.3 Å². The number of guanidine groups is 1. The first kappa shape index (κ1) is 20.9. The van der Waals surface area contributed by atoms with Gasteiger partial charge in [0.2, 0.25) is 5.95 Å². The number of rotatable bonds is 7. The van der Waals surface area contributed by atoms with Gasteiger partial charge in [0, 0.05) is 44.2 Å². The molecule has 2 aromatic heterocycles. The van der Waals surface area contributed by atoms with Crippen LogP contribution in [0, 0.1) is 13.8 Å². The highest BCUT2D eigenvalue weighted by molar-refractivity contribution is 7.11. The Morgan fingerprint density at radius 2 is 1.89 bits per heavy atom. The first-order valence-electron chi connectivity index (χ1n) is 8.31. The van der Waals surface area contributed by atoms with Crippen LogP contribution in [0.3, 0.4) is 0 Å². The maximum absolute atomic E-state index is 12.6. The van der Waals surface area contributed by atoms with Crippen molar-refractivity contribution in [1.29, 1.82) is 0 Å². The van der Waals surface area contributed by atoms with Crippen molar-refractivity contribution in [3.05, 3.63) is 33.5 Å². The highest BCUT2D eigenvalue weighted by Gasteiger charge is 2.32. The summed E-state index contributed by atoms with van der Waals surface area (Å²) in [5.74, 6) is 0.538. The van der Waals surface area contributed by atoms with Gasteiger partial charge in [0.25, 0.3) is 0 Å². The molecule has 0 bridgehead atoms. The predicted molar refractivity (Wildman–Crippen MR) is 100 cm³/mol. The number of aryl methyl sites for hydroxylation is 2. The molecular weight excluding hydrogens is 379 g/mol. The van der Waals surface area contributed by atoms with Crippen LogP contribution >= 0.6 is 11.3 Å². The van der Waals surface area contributed by atoms with Gasteiger partial charge in [-0.1, -0.05) is 0 Å². The Morgan fingerprint density at radius 3 is 2.52 bits per heavy atom. The van der Waals surface area contributed by atoms with Crippen molar-refractivity contribution < 1.29 is 13.2 Å². The van der Waals surface area contributed by atoms with Gasteiger partial charge >= 0.3 is 6.18 Å². The Hall–Kier alpha value is -2.43. The predicted octanol–water partition coefficient (Wildman–Crippen LogP) is 2.39. The number of thiazole rings is 1. The summed E-state index contributed by atoms with van der Waals surface area (Å²) in [7, 11) is 1.65. The van der Waals surface area contributed by atoms with E-state index in [2.05, 4.69) is 35.9 Å². The molecule has 3 N–H and O–H groups in total. The molecule has 0 saturated carbocycles. The van der Waals surface area contributed by atoms with Gasteiger partial charge in [-0.2, -0.15) is 13.2 Å². The molecule has 0 atom stereocenters. The zero-order chi connectivity index (χ0) is 19.9. The number of nitrogens with one attached hydrogen (secondary N) is 3. The van der Waals surface area contributed by atoms with Gasteiger partial charge in [-0.05, 0) is 19.9 Å². The van der Waals surface area contributed by atoms with Crippen LogP contribution in [0.4, 0.5) is 19.1 Å². The third kappa shape index (κ3) is 6.66. The summed E-state index contributed by atoms with van der Waals surface area (Å²) in [6, 6.07) is 0.834. The molecule has 2 heterocycles. The van der Waals surface area contributed by atoms with Crippen molar-refractivity contribution in [2.75, 3.05) is 32.0 Å². The van der Waals surface area contributed by atoms with Crippen LogP contribution in [-0.2, 0) is 12.6 Å². The van der Waals surface area contributed by atoms with E-state index in [1.807, 2.05) is 13.8 Å². The number of aliphatic imine (C=N–C) groups is 1. The molecule has 0 radical (unpaired) electrons. The van der Waals surface area contributed by atoms with Crippen LogP contribution < -0.4 is 16.0 Å². The van der Waals surface area contributed by atoms with Gasteiger partial charge in [-0.3, -0.25) is 4.99 Å². The quantitative estimate of drug-likeness (QED) is 0.375. The van der Waals surface area contributed by atoms with Crippen LogP contribution in [0.5, 0.6) is 0 Å². The minimum Gasteiger partial charge on any atom is -0.356 e.